The van der Waals surface area contributed by atoms with Crippen molar-refractivity contribution in [1.82, 2.24) is 14.7 Å². The summed E-state index contributed by atoms with van der Waals surface area (Å²) in [4.78, 5) is 26.7. The van der Waals surface area contributed by atoms with E-state index >= 15 is 0 Å². The molecule has 1 fully saturated rings. The van der Waals surface area contributed by atoms with Crippen LogP contribution in [0.15, 0.2) is 47.3 Å². The van der Waals surface area contributed by atoms with Crippen molar-refractivity contribution in [3.8, 4) is 0 Å². The fraction of sp³-hybridized carbons (Fsp3) is 0.421. The highest BCUT2D eigenvalue weighted by atomic mass is 35.5. The normalized spacial score (nSPS) is 18.1. The minimum Gasteiger partial charge on any atom is -0.337 e. The van der Waals surface area contributed by atoms with Gasteiger partial charge < -0.3 is 10.6 Å². The van der Waals surface area contributed by atoms with Crippen molar-refractivity contribution < 1.29 is 4.79 Å². The van der Waals surface area contributed by atoms with Gasteiger partial charge in [-0.2, -0.15) is 5.10 Å². The van der Waals surface area contributed by atoms with Crippen LogP contribution in [0.2, 0.25) is 0 Å². The summed E-state index contributed by atoms with van der Waals surface area (Å²) < 4.78 is 1.34. The highest BCUT2D eigenvalue weighted by molar-refractivity contribution is 5.92. The summed E-state index contributed by atoms with van der Waals surface area (Å²) in [6, 6.07) is 12.6. The predicted molar refractivity (Wildman–Crippen MR) is 104 cm³/mol. The first-order chi connectivity index (χ1) is 12.0. The zero-order chi connectivity index (χ0) is 17.8. The summed E-state index contributed by atoms with van der Waals surface area (Å²) >= 11 is 0. The van der Waals surface area contributed by atoms with Crippen molar-refractivity contribution in [2.75, 3.05) is 13.1 Å². The third kappa shape index (κ3) is 4.71. The molecular weight excluding hydrogens is 352 g/mol. The molecule has 1 aliphatic heterocycles. The van der Waals surface area contributed by atoms with Gasteiger partial charge in [0.2, 0.25) is 0 Å². The Hall–Kier alpha value is -2.18. The van der Waals surface area contributed by atoms with E-state index in [9.17, 15) is 9.59 Å². The molecule has 1 aromatic heterocycles. The standard InChI is InChI=1S/C19H24N4O2.ClH/c1-14(20)16-8-5-11-22(13-16)19(25)17-9-10-18(24)23(21-17)12-15-6-3-2-4-7-15;/h2-4,6-7,9-10,14,16H,5,8,11-13,20H2,1H3;1H. The second-order valence-electron chi connectivity index (χ2n) is 6.71. The lowest BCUT2D eigenvalue weighted by atomic mass is 9.92. The SMILES string of the molecule is CC(N)C1CCCN(C(=O)c2ccc(=O)n(Cc3ccccc3)n2)C1.Cl. The quantitative estimate of drug-likeness (QED) is 0.883. The first-order valence-electron chi connectivity index (χ1n) is 8.71. The third-order valence-electron chi connectivity index (χ3n) is 4.75. The Morgan fingerprint density at radius 3 is 2.69 bits per heavy atom. The van der Waals surface area contributed by atoms with E-state index < -0.39 is 0 Å². The molecule has 26 heavy (non-hydrogen) atoms. The maximum Gasteiger partial charge on any atom is 0.274 e. The molecule has 2 unspecified atom stereocenters. The van der Waals surface area contributed by atoms with Gasteiger partial charge in [0.15, 0.2) is 0 Å². The smallest absolute Gasteiger partial charge is 0.274 e. The monoisotopic (exact) mass is 376 g/mol. The van der Waals surface area contributed by atoms with Crippen molar-refractivity contribution >= 4 is 18.3 Å². The number of nitrogens with two attached hydrogens (primary N) is 1. The number of hydrogen-bond acceptors (Lipinski definition) is 4. The number of piperidine rings is 1. The summed E-state index contributed by atoms with van der Waals surface area (Å²) in [6.07, 6.45) is 1.99. The highest BCUT2D eigenvalue weighted by Gasteiger charge is 2.27. The summed E-state index contributed by atoms with van der Waals surface area (Å²) in [5.41, 5.74) is 7.06. The lowest BCUT2D eigenvalue weighted by Gasteiger charge is -2.34. The van der Waals surface area contributed by atoms with E-state index in [0.717, 1.165) is 18.4 Å². The Bertz CT molecular complexity index is 792. The van der Waals surface area contributed by atoms with Crippen LogP contribution in [0, 0.1) is 5.92 Å². The Labute approximate surface area is 159 Å². The fourth-order valence-corrected chi connectivity index (χ4v) is 3.22. The Balaban J connectivity index is 0.00000243. The molecule has 0 saturated carbocycles. The van der Waals surface area contributed by atoms with Crippen molar-refractivity contribution in [1.29, 1.82) is 0 Å². The maximum atomic E-state index is 12.8. The van der Waals surface area contributed by atoms with Crippen LogP contribution in [0.5, 0.6) is 0 Å². The predicted octanol–water partition coefficient (Wildman–Crippen LogP) is 1.91. The van der Waals surface area contributed by atoms with Gasteiger partial charge in [0.1, 0.15) is 5.69 Å². The van der Waals surface area contributed by atoms with Crippen molar-refractivity contribution in [2.24, 2.45) is 11.7 Å². The van der Waals surface area contributed by atoms with Crippen LogP contribution in [-0.2, 0) is 6.54 Å². The molecule has 1 aliphatic rings. The van der Waals surface area contributed by atoms with E-state index in [4.69, 9.17) is 5.73 Å². The molecule has 2 heterocycles. The van der Waals surface area contributed by atoms with Gasteiger partial charge >= 0.3 is 0 Å². The third-order valence-corrected chi connectivity index (χ3v) is 4.75. The summed E-state index contributed by atoms with van der Waals surface area (Å²) in [5, 5.41) is 4.29. The van der Waals surface area contributed by atoms with Crippen LogP contribution in [0.1, 0.15) is 35.8 Å². The molecule has 2 aromatic rings. The van der Waals surface area contributed by atoms with Crippen LogP contribution in [0.3, 0.4) is 0 Å². The number of amides is 1. The van der Waals surface area contributed by atoms with Gasteiger partial charge in [0, 0.05) is 25.2 Å². The molecule has 0 radical (unpaired) electrons. The topological polar surface area (TPSA) is 81.2 Å². The maximum absolute atomic E-state index is 12.8. The Kier molecular flexibility index (Phi) is 6.94. The summed E-state index contributed by atoms with van der Waals surface area (Å²) in [5.74, 6) is 0.181. The number of nitrogens with zero attached hydrogens (tertiary/aromatic N) is 3. The van der Waals surface area contributed by atoms with Gasteiger partial charge in [0.05, 0.1) is 6.54 Å². The van der Waals surface area contributed by atoms with Crippen LogP contribution in [0.4, 0.5) is 0 Å². The minimum atomic E-state index is -0.215. The summed E-state index contributed by atoms with van der Waals surface area (Å²) in [6.45, 7) is 3.69. The van der Waals surface area contributed by atoms with Gasteiger partial charge in [-0.25, -0.2) is 4.68 Å². The fourth-order valence-electron chi connectivity index (χ4n) is 3.22. The second kappa shape index (κ2) is 8.96. The van der Waals surface area contributed by atoms with E-state index in [1.807, 2.05) is 37.3 Å². The van der Waals surface area contributed by atoms with E-state index in [0.29, 0.717) is 31.2 Å². The van der Waals surface area contributed by atoms with E-state index in [1.54, 1.807) is 4.90 Å². The average molecular weight is 377 g/mol. The van der Waals surface area contributed by atoms with Crippen LogP contribution >= 0.6 is 12.4 Å². The molecule has 1 saturated heterocycles. The lowest BCUT2D eigenvalue weighted by molar-refractivity contribution is 0.0652. The molecule has 0 bridgehead atoms. The van der Waals surface area contributed by atoms with Crippen molar-refractivity contribution in [3.63, 3.8) is 0 Å². The van der Waals surface area contributed by atoms with Crippen molar-refractivity contribution in [3.05, 3.63) is 64.1 Å². The average Bonchev–Trinajstić information content (AvgIpc) is 2.64. The zero-order valence-electron chi connectivity index (χ0n) is 14.9. The molecule has 0 spiro atoms. The zero-order valence-corrected chi connectivity index (χ0v) is 15.7. The number of likely N-dealkylation sites (tertiary alicyclic amines) is 1. The van der Waals surface area contributed by atoms with Crippen molar-refractivity contribution in [2.45, 2.75) is 32.4 Å². The Morgan fingerprint density at radius 2 is 2.00 bits per heavy atom. The molecule has 7 heteroatoms. The van der Waals surface area contributed by atoms with E-state index in [2.05, 4.69) is 5.10 Å². The molecular formula is C19H25ClN4O2. The number of carbonyl (C=O) groups is 1. The van der Waals surface area contributed by atoms with Gasteiger partial charge in [-0.05, 0) is 37.3 Å². The van der Waals surface area contributed by atoms with Gasteiger partial charge in [-0.1, -0.05) is 30.3 Å². The largest absolute Gasteiger partial charge is 0.337 e. The molecule has 140 valence electrons. The number of benzene rings is 1. The Morgan fingerprint density at radius 1 is 1.27 bits per heavy atom. The number of aromatic nitrogens is 2. The molecule has 6 nitrogen and oxygen atoms in total. The van der Waals surface area contributed by atoms with Gasteiger partial charge in [-0.3, -0.25) is 9.59 Å². The first-order valence-corrected chi connectivity index (χ1v) is 8.71. The summed E-state index contributed by atoms with van der Waals surface area (Å²) in [7, 11) is 0. The first kappa shape index (κ1) is 20.1. The molecule has 1 amide bonds. The number of hydrogen-bond donors (Lipinski definition) is 1. The van der Waals surface area contributed by atoms with Crippen LogP contribution in [-0.4, -0.2) is 39.7 Å². The van der Waals surface area contributed by atoms with Gasteiger partial charge in [-0.15, -0.1) is 12.4 Å². The lowest BCUT2D eigenvalue weighted by Crippen LogP contribution is -2.45. The molecule has 1 aromatic carbocycles. The molecule has 2 N–H and O–H groups in total. The molecule has 3 rings (SSSR count). The molecule has 2 atom stereocenters. The van der Waals surface area contributed by atoms with E-state index in [1.165, 1.54) is 16.8 Å². The van der Waals surface area contributed by atoms with Crippen LogP contribution in [0.25, 0.3) is 0 Å². The van der Waals surface area contributed by atoms with Gasteiger partial charge in [0.25, 0.3) is 11.5 Å². The minimum absolute atomic E-state index is 0. The van der Waals surface area contributed by atoms with E-state index in [-0.39, 0.29) is 29.9 Å². The number of halogens is 1. The molecule has 0 aliphatic carbocycles. The second-order valence-corrected chi connectivity index (χ2v) is 6.71. The highest BCUT2D eigenvalue weighted by Crippen LogP contribution is 2.20. The van der Waals surface area contributed by atoms with Crippen LogP contribution < -0.4 is 11.3 Å². The number of rotatable bonds is 4. The number of carbonyl (C=O) groups excluding carboxylic acids is 1.